The van der Waals surface area contributed by atoms with Gasteiger partial charge in [0, 0.05) is 12.1 Å². The van der Waals surface area contributed by atoms with E-state index in [0.29, 0.717) is 17.6 Å². The van der Waals surface area contributed by atoms with E-state index in [4.69, 9.17) is 0 Å². The van der Waals surface area contributed by atoms with Crippen molar-refractivity contribution in [2.75, 3.05) is 0 Å². The van der Waals surface area contributed by atoms with Crippen molar-refractivity contribution in [2.45, 2.75) is 0 Å². The number of hydrogen-bond donors (Lipinski definition) is 0. The lowest BCUT2D eigenvalue weighted by Crippen LogP contribution is -2.32. The van der Waals surface area contributed by atoms with Crippen LogP contribution in [-0.4, -0.2) is 7.28 Å². The van der Waals surface area contributed by atoms with Gasteiger partial charge in [-0.2, -0.15) is 0 Å². The van der Waals surface area contributed by atoms with Crippen molar-refractivity contribution in [3.05, 3.63) is 66.0 Å². The first-order chi connectivity index (χ1) is 8.60. The smallest absolute Gasteiger partial charge is 0.128 e. The fourth-order valence-corrected chi connectivity index (χ4v) is 1.59. The average molecular weight is 245 g/mol. The lowest BCUT2D eigenvalue weighted by molar-refractivity contribution is 0.553. The molecule has 0 heterocycles. The first-order valence-electron chi connectivity index (χ1n) is 5.32. The molecule has 0 aliphatic rings. The number of benzene rings is 2. The van der Waals surface area contributed by atoms with Crippen LogP contribution >= 0.6 is 0 Å². The summed E-state index contributed by atoms with van der Waals surface area (Å²) >= 11 is 0. The minimum Gasteiger partial charge on any atom is -0.275 e. The summed E-state index contributed by atoms with van der Waals surface area (Å²) in [7, 11) is 1.33. The molecule has 90 valence electrons. The molecular weight excluding hydrogens is 236 g/mol. The summed E-state index contributed by atoms with van der Waals surface area (Å²) in [6.45, 7) is 3.61. The maximum absolute atomic E-state index is 13.4. The van der Waals surface area contributed by atoms with Crippen LogP contribution in [0.25, 0.3) is 6.08 Å². The standard InChI is InChI=1S/C14H9BF3/c1-2-9-3-5-10(6-4-9)15-14-12(17)7-11(16)8-13(14)18/h2-8H,1H2/q-1. The highest BCUT2D eigenvalue weighted by atomic mass is 19.1. The Labute approximate surface area is 104 Å². The van der Waals surface area contributed by atoms with Gasteiger partial charge in [-0.05, 0) is 5.56 Å². The van der Waals surface area contributed by atoms with Crippen molar-refractivity contribution in [3.8, 4) is 0 Å². The van der Waals surface area contributed by atoms with Gasteiger partial charge in [0.25, 0.3) is 0 Å². The third-order valence-corrected chi connectivity index (χ3v) is 2.53. The second-order valence-electron chi connectivity index (χ2n) is 3.80. The van der Waals surface area contributed by atoms with Crippen LogP contribution in [0.4, 0.5) is 13.2 Å². The summed E-state index contributed by atoms with van der Waals surface area (Å²) in [6.07, 6.45) is 1.67. The zero-order valence-corrected chi connectivity index (χ0v) is 9.46. The Morgan fingerprint density at radius 3 is 2.00 bits per heavy atom. The van der Waals surface area contributed by atoms with E-state index in [1.165, 1.54) is 7.28 Å². The van der Waals surface area contributed by atoms with Gasteiger partial charge in [0.2, 0.25) is 0 Å². The van der Waals surface area contributed by atoms with Gasteiger partial charge in [0.1, 0.15) is 5.82 Å². The molecule has 0 aliphatic carbocycles. The van der Waals surface area contributed by atoms with Crippen LogP contribution in [-0.2, 0) is 0 Å². The normalized spacial score (nSPS) is 10.4. The van der Waals surface area contributed by atoms with E-state index in [1.807, 2.05) is 0 Å². The van der Waals surface area contributed by atoms with Gasteiger partial charge in [-0.1, -0.05) is 24.8 Å². The Morgan fingerprint density at radius 1 is 0.944 bits per heavy atom. The lowest BCUT2D eigenvalue weighted by Gasteiger charge is -2.19. The molecule has 0 aliphatic heterocycles. The zero-order valence-electron chi connectivity index (χ0n) is 9.46. The van der Waals surface area contributed by atoms with Gasteiger partial charge in [-0.25, -0.2) is 18.6 Å². The molecule has 0 amide bonds. The van der Waals surface area contributed by atoms with Crippen molar-refractivity contribution in [1.82, 2.24) is 0 Å². The molecule has 0 saturated carbocycles. The summed E-state index contributed by atoms with van der Waals surface area (Å²) < 4.78 is 39.6. The van der Waals surface area contributed by atoms with Crippen LogP contribution in [0.1, 0.15) is 5.56 Å². The van der Waals surface area contributed by atoms with E-state index in [1.54, 1.807) is 30.3 Å². The van der Waals surface area contributed by atoms with Crippen LogP contribution in [0.5, 0.6) is 0 Å². The third kappa shape index (κ3) is 2.64. The van der Waals surface area contributed by atoms with Gasteiger partial charge in [0.15, 0.2) is 0 Å². The molecule has 0 N–H and O–H groups in total. The minimum absolute atomic E-state index is 0.247. The van der Waals surface area contributed by atoms with Gasteiger partial charge in [0.05, 0.1) is 11.6 Å². The second kappa shape index (κ2) is 5.13. The largest absolute Gasteiger partial charge is 0.275 e. The SMILES string of the molecule is C=Cc1ccc([B-]c2c(F)cc(F)cc2F)cc1. The van der Waals surface area contributed by atoms with E-state index in [-0.39, 0.29) is 5.46 Å². The topological polar surface area (TPSA) is 0 Å². The highest BCUT2D eigenvalue weighted by Gasteiger charge is 2.02. The Bertz CT molecular complexity index is 553. The van der Waals surface area contributed by atoms with E-state index < -0.39 is 17.5 Å². The number of rotatable bonds is 3. The first-order valence-corrected chi connectivity index (χ1v) is 5.32. The summed E-state index contributed by atoms with van der Waals surface area (Å²) in [4.78, 5) is 0. The number of halogens is 3. The molecule has 2 rings (SSSR count). The van der Waals surface area contributed by atoms with E-state index in [9.17, 15) is 13.2 Å². The highest BCUT2D eigenvalue weighted by Crippen LogP contribution is 2.04. The monoisotopic (exact) mass is 245 g/mol. The fourth-order valence-electron chi connectivity index (χ4n) is 1.59. The van der Waals surface area contributed by atoms with Crippen molar-refractivity contribution >= 4 is 24.3 Å². The maximum atomic E-state index is 13.4. The molecule has 2 aromatic carbocycles. The van der Waals surface area contributed by atoms with Crippen molar-refractivity contribution < 1.29 is 13.2 Å². The first kappa shape index (κ1) is 12.5. The van der Waals surface area contributed by atoms with Crippen LogP contribution < -0.4 is 10.9 Å². The number of hydrogen-bond acceptors (Lipinski definition) is 0. The molecule has 0 nitrogen and oxygen atoms in total. The molecule has 0 unspecified atom stereocenters. The van der Waals surface area contributed by atoms with Crippen LogP contribution in [0.3, 0.4) is 0 Å². The zero-order chi connectivity index (χ0) is 13.1. The molecule has 0 spiro atoms. The molecule has 0 saturated heterocycles. The van der Waals surface area contributed by atoms with Crippen LogP contribution in [0, 0.1) is 17.5 Å². The minimum atomic E-state index is -0.927. The van der Waals surface area contributed by atoms with Crippen molar-refractivity contribution in [3.63, 3.8) is 0 Å². The van der Waals surface area contributed by atoms with Gasteiger partial charge >= 0.3 is 0 Å². The summed E-state index contributed by atoms with van der Waals surface area (Å²) in [5.74, 6) is -2.76. The molecular formula is C14H9BF3-. The molecule has 18 heavy (non-hydrogen) atoms. The second-order valence-corrected chi connectivity index (χ2v) is 3.80. The molecule has 0 fully saturated rings. The van der Waals surface area contributed by atoms with Crippen LogP contribution in [0.2, 0.25) is 0 Å². The fraction of sp³-hybridized carbons (Fsp3) is 0. The summed E-state index contributed by atoms with van der Waals surface area (Å²) in [5, 5.41) is 0. The van der Waals surface area contributed by atoms with Crippen LogP contribution in [0.15, 0.2) is 43.0 Å². The average Bonchev–Trinajstić information content (AvgIpc) is 2.34. The Hall–Kier alpha value is -1.97. The predicted molar refractivity (Wildman–Crippen MR) is 67.9 cm³/mol. The predicted octanol–water partition coefficient (Wildman–Crippen LogP) is 2.40. The molecule has 4 heteroatoms. The van der Waals surface area contributed by atoms with E-state index >= 15 is 0 Å². The molecule has 0 bridgehead atoms. The van der Waals surface area contributed by atoms with Gasteiger partial charge < -0.3 is 0 Å². The Balaban J connectivity index is 2.30. The molecule has 2 aromatic rings. The van der Waals surface area contributed by atoms with Crippen molar-refractivity contribution in [2.24, 2.45) is 0 Å². The highest BCUT2D eigenvalue weighted by molar-refractivity contribution is 6.67. The molecule has 2 radical (unpaired) electrons. The van der Waals surface area contributed by atoms with E-state index in [2.05, 4.69) is 6.58 Å². The Morgan fingerprint density at radius 2 is 1.50 bits per heavy atom. The third-order valence-electron chi connectivity index (χ3n) is 2.53. The van der Waals surface area contributed by atoms with Crippen molar-refractivity contribution in [1.29, 1.82) is 0 Å². The summed E-state index contributed by atoms with van der Waals surface area (Å²) in [6, 6.07) is 8.29. The Kier molecular flexibility index (Phi) is 3.56. The quantitative estimate of drug-likeness (QED) is 0.728. The lowest BCUT2D eigenvalue weighted by atomic mass is 9.63. The molecule has 0 aromatic heterocycles. The maximum Gasteiger partial charge on any atom is 0.128 e. The van der Waals surface area contributed by atoms with E-state index in [0.717, 1.165) is 5.56 Å². The van der Waals surface area contributed by atoms with Gasteiger partial charge in [-0.15, -0.1) is 12.1 Å². The van der Waals surface area contributed by atoms with Gasteiger partial charge in [-0.3, -0.25) is 12.7 Å². The summed E-state index contributed by atoms with van der Waals surface area (Å²) in [5.41, 5.74) is 1.29. The molecule has 0 atom stereocenters.